The van der Waals surface area contributed by atoms with Gasteiger partial charge in [0.15, 0.2) is 0 Å². The van der Waals surface area contributed by atoms with Gasteiger partial charge in [0.05, 0.1) is 0 Å². The molecular formula is C9H8OS. The Bertz CT molecular complexity index is 339. The van der Waals surface area contributed by atoms with Crippen molar-refractivity contribution in [2.45, 2.75) is 18.6 Å². The molecule has 0 radical (unpaired) electrons. The van der Waals surface area contributed by atoms with Gasteiger partial charge >= 0.3 is 0 Å². The van der Waals surface area contributed by atoms with E-state index in [9.17, 15) is 0 Å². The molecule has 0 saturated heterocycles. The van der Waals surface area contributed by atoms with Crippen LogP contribution in [-0.2, 0) is 10.3 Å². The molecule has 0 aliphatic carbocycles. The molecule has 56 valence electrons. The molecule has 0 spiro atoms. The molecule has 2 aliphatic heterocycles. The van der Waals surface area contributed by atoms with E-state index in [2.05, 4.69) is 29.8 Å². The molecule has 2 atom stereocenters. The summed E-state index contributed by atoms with van der Waals surface area (Å²) >= 11 is 1.77. The summed E-state index contributed by atoms with van der Waals surface area (Å²) < 4.78 is 5.77. The summed E-state index contributed by atoms with van der Waals surface area (Å²) in [4.78, 5) is 0. The van der Waals surface area contributed by atoms with Gasteiger partial charge in [-0.3, -0.25) is 0 Å². The van der Waals surface area contributed by atoms with Gasteiger partial charge in [-0.2, -0.15) is 11.3 Å². The second-order valence-corrected chi connectivity index (χ2v) is 3.99. The third kappa shape index (κ3) is 0.557. The van der Waals surface area contributed by atoms with Crippen molar-refractivity contribution in [3.05, 3.63) is 34.0 Å². The number of thiophene rings is 1. The predicted octanol–water partition coefficient (Wildman–Crippen LogP) is 2.60. The fourth-order valence-corrected chi connectivity index (χ4v) is 2.85. The van der Waals surface area contributed by atoms with Crippen molar-refractivity contribution in [3.8, 4) is 0 Å². The monoisotopic (exact) mass is 164 g/mol. The van der Waals surface area contributed by atoms with Crippen molar-refractivity contribution in [3.63, 3.8) is 0 Å². The van der Waals surface area contributed by atoms with Crippen LogP contribution >= 0.6 is 11.3 Å². The normalized spacial score (nSPS) is 38.1. The molecule has 1 nitrogen and oxygen atoms in total. The van der Waals surface area contributed by atoms with Crippen molar-refractivity contribution in [1.29, 1.82) is 0 Å². The maximum atomic E-state index is 5.77. The van der Waals surface area contributed by atoms with Crippen LogP contribution in [0, 0.1) is 0 Å². The number of hydrogen-bond acceptors (Lipinski definition) is 2. The standard InChI is InChI=1S/C9H8OS/c1-9-3-2-8(10-9)6-4-11-5-7(6)9/h2-5,8H,1H3. The molecular weight excluding hydrogens is 156 g/mol. The molecule has 0 fully saturated rings. The highest BCUT2D eigenvalue weighted by Gasteiger charge is 2.43. The SMILES string of the molecule is CC12C=CC(O1)c1cscc12. The zero-order chi connectivity index (χ0) is 7.47. The lowest BCUT2D eigenvalue weighted by molar-refractivity contribution is 0.0113. The van der Waals surface area contributed by atoms with Gasteiger partial charge in [-0.25, -0.2) is 0 Å². The highest BCUT2D eigenvalue weighted by atomic mass is 32.1. The quantitative estimate of drug-likeness (QED) is 0.535. The molecule has 2 aliphatic rings. The minimum absolute atomic E-state index is 0.0972. The minimum Gasteiger partial charge on any atom is -0.354 e. The van der Waals surface area contributed by atoms with Crippen LogP contribution < -0.4 is 0 Å². The molecule has 0 saturated carbocycles. The van der Waals surface area contributed by atoms with Crippen molar-refractivity contribution in [2.75, 3.05) is 0 Å². The summed E-state index contributed by atoms with van der Waals surface area (Å²) in [6, 6.07) is 0. The van der Waals surface area contributed by atoms with Gasteiger partial charge in [-0.1, -0.05) is 6.08 Å². The average molecular weight is 164 g/mol. The first kappa shape index (κ1) is 5.98. The van der Waals surface area contributed by atoms with Crippen molar-refractivity contribution < 1.29 is 4.74 Å². The van der Waals surface area contributed by atoms with Crippen LogP contribution in [0.1, 0.15) is 24.2 Å². The van der Waals surface area contributed by atoms with Gasteiger partial charge in [-0.15, -0.1) is 0 Å². The van der Waals surface area contributed by atoms with Crippen LogP contribution in [0.3, 0.4) is 0 Å². The Labute approximate surface area is 69.3 Å². The number of hydrogen-bond donors (Lipinski definition) is 0. The smallest absolute Gasteiger partial charge is 0.111 e. The predicted molar refractivity (Wildman–Crippen MR) is 44.6 cm³/mol. The van der Waals surface area contributed by atoms with Gasteiger partial charge < -0.3 is 4.74 Å². The third-order valence-corrected chi connectivity index (χ3v) is 3.26. The van der Waals surface area contributed by atoms with E-state index in [0.717, 1.165) is 0 Å². The van der Waals surface area contributed by atoms with Crippen LogP contribution in [0.4, 0.5) is 0 Å². The molecule has 0 aromatic carbocycles. The van der Waals surface area contributed by atoms with Crippen LogP contribution in [-0.4, -0.2) is 0 Å². The molecule has 11 heavy (non-hydrogen) atoms. The van der Waals surface area contributed by atoms with Crippen molar-refractivity contribution in [2.24, 2.45) is 0 Å². The van der Waals surface area contributed by atoms with Crippen LogP contribution in [0.15, 0.2) is 22.9 Å². The average Bonchev–Trinajstić information content (AvgIpc) is 2.53. The lowest BCUT2D eigenvalue weighted by Gasteiger charge is -2.15. The molecule has 2 heteroatoms. The Morgan fingerprint density at radius 3 is 3.27 bits per heavy atom. The largest absolute Gasteiger partial charge is 0.354 e. The molecule has 0 amide bonds. The Hall–Kier alpha value is -0.600. The molecule has 2 bridgehead atoms. The van der Waals surface area contributed by atoms with Crippen molar-refractivity contribution in [1.82, 2.24) is 0 Å². The zero-order valence-electron chi connectivity index (χ0n) is 6.20. The lowest BCUT2D eigenvalue weighted by atomic mass is 9.92. The van der Waals surface area contributed by atoms with Gasteiger partial charge in [0, 0.05) is 11.1 Å². The Morgan fingerprint density at radius 2 is 2.45 bits per heavy atom. The van der Waals surface area contributed by atoms with E-state index in [1.807, 2.05) is 0 Å². The van der Waals surface area contributed by atoms with E-state index in [1.165, 1.54) is 11.1 Å². The number of rotatable bonds is 0. The second-order valence-electron chi connectivity index (χ2n) is 3.25. The first-order valence-corrected chi connectivity index (χ1v) is 4.68. The van der Waals surface area contributed by atoms with E-state index in [0.29, 0.717) is 0 Å². The molecule has 0 N–H and O–H groups in total. The van der Waals surface area contributed by atoms with Gasteiger partial charge in [0.25, 0.3) is 0 Å². The van der Waals surface area contributed by atoms with E-state index < -0.39 is 0 Å². The Morgan fingerprint density at radius 1 is 1.55 bits per heavy atom. The van der Waals surface area contributed by atoms with Crippen LogP contribution in [0.5, 0.6) is 0 Å². The highest BCUT2D eigenvalue weighted by Crippen LogP contribution is 2.51. The lowest BCUT2D eigenvalue weighted by Crippen LogP contribution is -2.13. The summed E-state index contributed by atoms with van der Waals surface area (Å²) in [7, 11) is 0. The highest BCUT2D eigenvalue weighted by molar-refractivity contribution is 7.08. The number of ether oxygens (including phenoxy) is 1. The molecule has 3 heterocycles. The van der Waals surface area contributed by atoms with E-state index >= 15 is 0 Å². The summed E-state index contributed by atoms with van der Waals surface area (Å²) in [6.07, 6.45) is 4.56. The molecule has 1 aromatic rings. The fourth-order valence-electron chi connectivity index (χ4n) is 1.86. The van der Waals surface area contributed by atoms with E-state index in [-0.39, 0.29) is 11.7 Å². The maximum absolute atomic E-state index is 5.77. The summed E-state index contributed by atoms with van der Waals surface area (Å²) in [5.41, 5.74) is 2.65. The Kier molecular flexibility index (Phi) is 0.866. The van der Waals surface area contributed by atoms with Gasteiger partial charge in [0.2, 0.25) is 0 Å². The van der Waals surface area contributed by atoms with Crippen molar-refractivity contribution >= 4 is 11.3 Å². The second kappa shape index (κ2) is 1.59. The van der Waals surface area contributed by atoms with Gasteiger partial charge in [-0.05, 0) is 23.8 Å². The fraction of sp³-hybridized carbons (Fsp3) is 0.333. The summed E-state index contributed by atoms with van der Waals surface area (Å²) in [5.74, 6) is 0. The third-order valence-electron chi connectivity index (χ3n) is 2.49. The topological polar surface area (TPSA) is 9.23 Å². The maximum Gasteiger partial charge on any atom is 0.111 e. The summed E-state index contributed by atoms with van der Waals surface area (Å²) in [6.45, 7) is 2.13. The van der Waals surface area contributed by atoms with Gasteiger partial charge in [0.1, 0.15) is 11.7 Å². The summed E-state index contributed by atoms with van der Waals surface area (Å²) in [5, 5.41) is 4.38. The first-order chi connectivity index (χ1) is 5.30. The molecule has 3 rings (SSSR count). The Balaban J connectivity index is 2.33. The number of fused-ring (bicyclic) bond motifs is 5. The van der Waals surface area contributed by atoms with Crippen LogP contribution in [0.2, 0.25) is 0 Å². The minimum atomic E-state index is -0.0972. The first-order valence-electron chi connectivity index (χ1n) is 3.73. The molecule has 2 unspecified atom stereocenters. The van der Waals surface area contributed by atoms with E-state index in [1.54, 1.807) is 11.3 Å². The van der Waals surface area contributed by atoms with E-state index in [4.69, 9.17) is 4.74 Å². The zero-order valence-corrected chi connectivity index (χ0v) is 7.02. The molecule has 1 aromatic heterocycles. The van der Waals surface area contributed by atoms with Crippen LogP contribution in [0.25, 0.3) is 0 Å².